The molecule has 0 fully saturated rings. The molecule has 0 saturated heterocycles. The molecule has 0 aliphatic carbocycles. The number of pyridine rings is 2. The Morgan fingerprint density at radius 2 is 1.59 bits per heavy atom. The third kappa shape index (κ3) is 1.83. The molecule has 3 aromatic heterocycles. The van der Waals surface area contributed by atoms with E-state index >= 15 is 0 Å². The number of rotatable bonds is 2. The molecule has 0 aliphatic heterocycles. The number of hydrogen-bond donors (Lipinski definition) is 0. The highest BCUT2D eigenvalue weighted by molar-refractivity contribution is 5.57. The lowest BCUT2D eigenvalue weighted by Gasteiger charge is -2.07. The molecule has 17 heavy (non-hydrogen) atoms. The average Bonchev–Trinajstić information content (AvgIpc) is 2.90. The van der Waals surface area contributed by atoms with Crippen LogP contribution in [0.3, 0.4) is 0 Å². The van der Waals surface area contributed by atoms with E-state index in [0.717, 1.165) is 17.2 Å². The summed E-state index contributed by atoms with van der Waals surface area (Å²) in [6.45, 7) is 0. The van der Waals surface area contributed by atoms with E-state index in [0.29, 0.717) is 0 Å². The van der Waals surface area contributed by atoms with Crippen LogP contribution in [0.1, 0.15) is 0 Å². The highest BCUT2D eigenvalue weighted by Crippen LogP contribution is 2.20. The van der Waals surface area contributed by atoms with Crippen LogP contribution in [0.4, 0.5) is 0 Å². The number of hydrogen-bond acceptors (Lipinski definition) is 2. The van der Waals surface area contributed by atoms with Gasteiger partial charge in [0.25, 0.3) is 0 Å². The second kappa shape index (κ2) is 4.22. The molecule has 82 valence electrons. The monoisotopic (exact) mass is 221 g/mol. The van der Waals surface area contributed by atoms with Gasteiger partial charge < -0.3 is 0 Å². The molecule has 0 N–H and O–H groups in total. The summed E-state index contributed by atoms with van der Waals surface area (Å²) in [5.74, 6) is 0.901. The zero-order valence-corrected chi connectivity index (χ0v) is 9.19. The van der Waals surface area contributed by atoms with Gasteiger partial charge in [-0.1, -0.05) is 12.1 Å². The topological polar surface area (TPSA) is 30.7 Å². The van der Waals surface area contributed by atoms with E-state index < -0.39 is 0 Å². The standard InChI is InChI=1S/C14H11N3/c1-3-9-15-12(6-1)13-7-5-11-17(13)14-8-2-4-10-16-14/h1-11H. The van der Waals surface area contributed by atoms with Crippen molar-refractivity contribution in [2.45, 2.75) is 0 Å². The van der Waals surface area contributed by atoms with Gasteiger partial charge in [0.2, 0.25) is 0 Å². The minimum Gasteiger partial charge on any atom is -0.300 e. The fraction of sp³-hybridized carbons (Fsp3) is 0. The highest BCUT2D eigenvalue weighted by atomic mass is 15.1. The molecule has 0 atom stereocenters. The second-order valence-electron chi connectivity index (χ2n) is 3.67. The Morgan fingerprint density at radius 1 is 0.765 bits per heavy atom. The third-order valence-electron chi connectivity index (χ3n) is 2.57. The van der Waals surface area contributed by atoms with Crippen LogP contribution in [-0.2, 0) is 0 Å². The molecular weight excluding hydrogens is 210 g/mol. The van der Waals surface area contributed by atoms with Crippen LogP contribution in [0.2, 0.25) is 0 Å². The van der Waals surface area contributed by atoms with Crippen molar-refractivity contribution in [1.29, 1.82) is 0 Å². The van der Waals surface area contributed by atoms with Crippen LogP contribution < -0.4 is 0 Å². The first-order chi connectivity index (χ1) is 8.45. The lowest BCUT2D eigenvalue weighted by molar-refractivity contribution is 1.01. The van der Waals surface area contributed by atoms with Gasteiger partial charge in [0, 0.05) is 18.6 Å². The summed E-state index contributed by atoms with van der Waals surface area (Å²) in [5.41, 5.74) is 1.99. The Hall–Kier alpha value is -2.42. The molecule has 0 spiro atoms. The van der Waals surface area contributed by atoms with Gasteiger partial charge in [-0.05, 0) is 36.4 Å². The van der Waals surface area contributed by atoms with E-state index in [2.05, 4.69) is 9.97 Å². The van der Waals surface area contributed by atoms with Gasteiger partial charge >= 0.3 is 0 Å². The van der Waals surface area contributed by atoms with Crippen LogP contribution in [-0.4, -0.2) is 14.5 Å². The Balaban J connectivity index is 2.13. The van der Waals surface area contributed by atoms with Gasteiger partial charge in [-0.3, -0.25) is 9.55 Å². The van der Waals surface area contributed by atoms with E-state index in [-0.39, 0.29) is 0 Å². The average molecular weight is 221 g/mol. The summed E-state index contributed by atoms with van der Waals surface area (Å²) in [6.07, 6.45) is 5.58. The number of nitrogens with zero attached hydrogens (tertiary/aromatic N) is 3. The van der Waals surface area contributed by atoms with Crippen molar-refractivity contribution in [3.63, 3.8) is 0 Å². The molecule has 0 saturated carbocycles. The van der Waals surface area contributed by atoms with E-state index in [9.17, 15) is 0 Å². The van der Waals surface area contributed by atoms with Crippen molar-refractivity contribution in [2.24, 2.45) is 0 Å². The molecule has 0 bridgehead atoms. The Morgan fingerprint density at radius 3 is 2.29 bits per heavy atom. The van der Waals surface area contributed by atoms with E-state index in [4.69, 9.17) is 0 Å². The van der Waals surface area contributed by atoms with E-state index in [1.165, 1.54) is 0 Å². The minimum absolute atomic E-state index is 0.901. The number of aromatic nitrogens is 3. The van der Waals surface area contributed by atoms with Crippen molar-refractivity contribution in [1.82, 2.24) is 14.5 Å². The predicted molar refractivity (Wildman–Crippen MR) is 66.8 cm³/mol. The van der Waals surface area contributed by atoms with Crippen LogP contribution in [0, 0.1) is 0 Å². The summed E-state index contributed by atoms with van der Waals surface area (Å²) in [4.78, 5) is 8.70. The Labute approximate surface area is 99.4 Å². The fourth-order valence-corrected chi connectivity index (χ4v) is 1.80. The molecule has 3 heterocycles. The van der Waals surface area contributed by atoms with Gasteiger partial charge in [-0.2, -0.15) is 0 Å². The maximum atomic E-state index is 4.36. The van der Waals surface area contributed by atoms with Gasteiger partial charge in [0.15, 0.2) is 0 Å². The van der Waals surface area contributed by atoms with Crippen molar-refractivity contribution in [3.05, 3.63) is 67.1 Å². The molecule has 0 amide bonds. The predicted octanol–water partition coefficient (Wildman–Crippen LogP) is 2.93. The largest absolute Gasteiger partial charge is 0.300 e. The highest BCUT2D eigenvalue weighted by Gasteiger charge is 2.06. The quantitative estimate of drug-likeness (QED) is 0.666. The molecule has 3 heteroatoms. The second-order valence-corrected chi connectivity index (χ2v) is 3.67. The van der Waals surface area contributed by atoms with Crippen molar-refractivity contribution in [3.8, 4) is 17.2 Å². The SMILES string of the molecule is c1ccc(-c2cccn2-c2ccccn2)nc1. The summed E-state index contributed by atoms with van der Waals surface area (Å²) in [6, 6.07) is 15.8. The van der Waals surface area contributed by atoms with Gasteiger partial charge in [0.05, 0.1) is 11.4 Å². The molecular formula is C14H11N3. The van der Waals surface area contributed by atoms with Gasteiger partial charge in [0.1, 0.15) is 5.82 Å². The minimum atomic E-state index is 0.901. The third-order valence-corrected chi connectivity index (χ3v) is 2.57. The smallest absolute Gasteiger partial charge is 0.137 e. The molecule has 3 nitrogen and oxygen atoms in total. The molecule has 0 aliphatic rings. The normalized spacial score (nSPS) is 10.4. The van der Waals surface area contributed by atoms with E-state index in [1.807, 2.05) is 59.3 Å². The lowest BCUT2D eigenvalue weighted by Crippen LogP contribution is -1.98. The molecule has 3 rings (SSSR count). The molecule has 0 unspecified atom stereocenters. The van der Waals surface area contributed by atoms with Crippen LogP contribution in [0.25, 0.3) is 17.2 Å². The van der Waals surface area contributed by atoms with Crippen molar-refractivity contribution < 1.29 is 0 Å². The van der Waals surface area contributed by atoms with Crippen LogP contribution in [0.15, 0.2) is 67.1 Å². The van der Waals surface area contributed by atoms with Crippen molar-refractivity contribution >= 4 is 0 Å². The zero-order chi connectivity index (χ0) is 11.5. The molecule has 3 aromatic rings. The maximum absolute atomic E-state index is 4.36. The zero-order valence-electron chi connectivity index (χ0n) is 9.19. The summed E-state index contributed by atoms with van der Waals surface area (Å²) < 4.78 is 2.03. The van der Waals surface area contributed by atoms with E-state index in [1.54, 1.807) is 12.4 Å². The first kappa shape index (κ1) is 9.78. The lowest BCUT2D eigenvalue weighted by atomic mass is 10.3. The summed E-state index contributed by atoms with van der Waals surface area (Å²) in [5, 5.41) is 0. The van der Waals surface area contributed by atoms with Crippen molar-refractivity contribution in [2.75, 3.05) is 0 Å². The maximum Gasteiger partial charge on any atom is 0.137 e. The Kier molecular flexibility index (Phi) is 2.43. The first-order valence-corrected chi connectivity index (χ1v) is 5.45. The van der Waals surface area contributed by atoms with Crippen LogP contribution >= 0.6 is 0 Å². The summed E-state index contributed by atoms with van der Waals surface area (Å²) >= 11 is 0. The van der Waals surface area contributed by atoms with Gasteiger partial charge in [-0.25, -0.2) is 4.98 Å². The fourth-order valence-electron chi connectivity index (χ4n) is 1.80. The Bertz CT molecular complexity index is 546. The molecule has 0 aromatic carbocycles. The van der Waals surface area contributed by atoms with Gasteiger partial charge in [-0.15, -0.1) is 0 Å². The molecule has 0 radical (unpaired) electrons. The summed E-state index contributed by atoms with van der Waals surface area (Å²) in [7, 11) is 0. The van der Waals surface area contributed by atoms with Crippen LogP contribution in [0.5, 0.6) is 0 Å². The first-order valence-electron chi connectivity index (χ1n) is 5.45.